The topological polar surface area (TPSA) is 62.5 Å². The average molecular weight is 343 g/mol. The number of fused-ring (bicyclic) bond motifs is 1. The molecule has 3 rings (SSSR count). The number of carbonyl (C=O) groups excluding carboxylic acids is 1. The van der Waals surface area contributed by atoms with Crippen LogP contribution < -0.4 is 5.32 Å². The molecule has 0 bridgehead atoms. The molecular formula is C17H21N5OS. The summed E-state index contributed by atoms with van der Waals surface area (Å²) in [6.07, 6.45) is 4.75. The van der Waals surface area contributed by atoms with Crippen LogP contribution in [0, 0.1) is 13.8 Å². The normalized spacial score (nSPS) is 11.0. The molecule has 0 fully saturated rings. The molecule has 2 amide bonds. The number of aryl methyl sites for hydroxylation is 2. The Kier molecular flexibility index (Phi) is 4.80. The van der Waals surface area contributed by atoms with Gasteiger partial charge in [-0.2, -0.15) is 0 Å². The number of likely N-dealkylation sites (N-methyl/N-ethyl adjacent to an activating group) is 1. The van der Waals surface area contributed by atoms with Crippen LogP contribution in [-0.2, 0) is 13.0 Å². The number of aromatic nitrogens is 3. The van der Waals surface area contributed by atoms with Crippen LogP contribution in [0.5, 0.6) is 0 Å². The maximum Gasteiger partial charge on any atom is 0.317 e. The van der Waals surface area contributed by atoms with Gasteiger partial charge >= 0.3 is 6.03 Å². The molecule has 0 radical (unpaired) electrons. The number of pyridine rings is 1. The Bertz CT molecular complexity index is 854. The van der Waals surface area contributed by atoms with Crippen molar-refractivity contribution in [2.45, 2.75) is 26.8 Å². The Morgan fingerprint density at radius 1 is 1.42 bits per heavy atom. The lowest BCUT2D eigenvalue weighted by molar-refractivity contribution is 0.209. The number of urea groups is 1. The molecule has 0 aliphatic carbocycles. The van der Waals surface area contributed by atoms with E-state index in [0.717, 1.165) is 23.5 Å². The molecule has 3 aromatic heterocycles. The zero-order valence-electron chi connectivity index (χ0n) is 14.1. The summed E-state index contributed by atoms with van der Waals surface area (Å²) in [4.78, 5) is 23.9. The van der Waals surface area contributed by atoms with Crippen LogP contribution in [0.25, 0.3) is 5.65 Å². The lowest BCUT2D eigenvalue weighted by Gasteiger charge is -2.17. The van der Waals surface area contributed by atoms with Gasteiger partial charge in [0.05, 0.1) is 23.4 Å². The van der Waals surface area contributed by atoms with Crippen LogP contribution in [0.3, 0.4) is 0 Å². The first-order valence-corrected chi connectivity index (χ1v) is 8.73. The van der Waals surface area contributed by atoms with E-state index >= 15 is 0 Å². The summed E-state index contributed by atoms with van der Waals surface area (Å²) in [6, 6.07) is 3.96. The van der Waals surface area contributed by atoms with Crippen molar-refractivity contribution < 1.29 is 4.79 Å². The largest absolute Gasteiger partial charge is 0.332 e. The second-order valence-electron chi connectivity index (χ2n) is 5.89. The minimum Gasteiger partial charge on any atom is -0.332 e. The van der Waals surface area contributed by atoms with Gasteiger partial charge in [0, 0.05) is 37.3 Å². The number of amides is 2. The van der Waals surface area contributed by atoms with Crippen molar-refractivity contribution in [1.29, 1.82) is 0 Å². The van der Waals surface area contributed by atoms with Crippen molar-refractivity contribution >= 4 is 23.0 Å². The summed E-state index contributed by atoms with van der Waals surface area (Å²) in [5.74, 6) is 0. The summed E-state index contributed by atoms with van der Waals surface area (Å²) in [6.45, 7) is 5.12. The van der Waals surface area contributed by atoms with Gasteiger partial charge in [-0.3, -0.25) is 0 Å². The fourth-order valence-corrected chi connectivity index (χ4v) is 3.23. The number of rotatable bonds is 5. The van der Waals surface area contributed by atoms with E-state index in [9.17, 15) is 4.79 Å². The Labute approximate surface area is 145 Å². The number of carbonyl (C=O) groups is 1. The molecule has 0 aliphatic heterocycles. The molecule has 0 saturated heterocycles. The highest BCUT2D eigenvalue weighted by atomic mass is 32.1. The van der Waals surface area contributed by atoms with Gasteiger partial charge in [0.25, 0.3) is 0 Å². The van der Waals surface area contributed by atoms with Gasteiger partial charge in [-0.1, -0.05) is 0 Å². The van der Waals surface area contributed by atoms with Crippen LogP contribution in [0.2, 0.25) is 0 Å². The van der Waals surface area contributed by atoms with Gasteiger partial charge < -0.3 is 14.6 Å². The van der Waals surface area contributed by atoms with E-state index in [4.69, 9.17) is 0 Å². The van der Waals surface area contributed by atoms with E-state index in [0.29, 0.717) is 13.1 Å². The zero-order chi connectivity index (χ0) is 17.1. The first-order valence-electron chi connectivity index (χ1n) is 7.85. The lowest BCUT2D eigenvalue weighted by atomic mass is 10.3. The second kappa shape index (κ2) is 7.00. The third kappa shape index (κ3) is 3.73. The quantitative estimate of drug-likeness (QED) is 0.775. The predicted molar refractivity (Wildman–Crippen MR) is 95.3 cm³/mol. The van der Waals surface area contributed by atoms with Crippen LogP contribution in [0.1, 0.15) is 21.8 Å². The highest BCUT2D eigenvalue weighted by Gasteiger charge is 2.11. The van der Waals surface area contributed by atoms with Gasteiger partial charge in [-0.05, 0) is 31.5 Å². The highest BCUT2D eigenvalue weighted by Crippen LogP contribution is 2.13. The number of nitrogens with zero attached hydrogens (tertiary/aromatic N) is 4. The Balaban J connectivity index is 1.53. The summed E-state index contributed by atoms with van der Waals surface area (Å²) >= 11 is 1.63. The fourth-order valence-electron chi connectivity index (χ4n) is 2.46. The predicted octanol–water partition coefficient (Wildman–Crippen LogP) is 2.79. The standard InChI is InChI=1S/C17H21N5OS/c1-12-4-7-22-10-14(20-16(22)8-12)9-18-17(23)21(3)6-5-15-13(2)19-11-24-15/h4,7-8,10-11H,5-6,9H2,1-3H3,(H,18,23). The zero-order valence-corrected chi connectivity index (χ0v) is 14.9. The van der Waals surface area contributed by atoms with E-state index in [1.165, 1.54) is 10.4 Å². The monoisotopic (exact) mass is 343 g/mol. The van der Waals surface area contributed by atoms with Crippen molar-refractivity contribution in [2.24, 2.45) is 0 Å². The molecule has 24 heavy (non-hydrogen) atoms. The first kappa shape index (κ1) is 16.4. The van der Waals surface area contributed by atoms with E-state index in [-0.39, 0.29) is 6.03 Å². The summed E-state index contributed by atoms with van der Waals surface area (Å²) in [5, 5.41) is 2.92. The maximum atomic E-state index is 12.2. The molecule has 0 aromatic carbocycles. The molecule has 0 aliphatic rings. The van der Waals surface area contributed by atoms with Crippen LogP contribution in [0.15, 0.2) is 30.0 Å². The Hall–Kier alpha value is -2.41. The Morgan fingerprint density at radius 2 is 2.25 bits per heavy atom. The second-order valence-corrected chi connectivity index (χ2v) is 6.83. The SMILES string of the molecule is Cc1ccn2cc(CNC(=O)N(C)CCc3scnc3C)nc2c1. The smallest absolute Gasteiger partial charge is 0.317 e. The van der Waals surface area contributed by atoms with Crippen LogP contribution >= 0.6 is 11.3 Å². The summed E-state index contributed by atoms with van der Waals surface area (Å²) in [7, 11) is 1.80. The maximum absolute atomic E-state index is 12.2. The number of imidazole rings is 1. The Morgan fingerprint density at radius 3 is 3.00 bits per heavy atom. The third-order valence-corrected chi connectivity index (χ3v) is 4.95. The number of thiazole rings is 1. The van der Waals surface area contributed by atoms with E-state index in [1.54, 1.807) is 23.3 Å². The number of hydrogen-bond donors (Lipinski definition) is 1. The molecule has 6 nitrogen and oxygen atoms in total. The number of hydrogen-bond acceptors (Lipinski definition) is 4. The molecule has 0 unspecified atom stereocenters. The first-order chi connectivity index (χ1) is 11.5. The van der Waals surface area contributed by atoms with Crippen molar-refractivity contribution in [1.82, 2.24) is 24.6 Å². The molecule has 0 spiro atoms. The van der Waals surface area contributed by atoms with Crippen molar-refractivity contribution in [3.05, 3.63) is 51.9 Å². The van der Waals surface area contributed by atoms with Crippen LogP contribution in [-0.4, -0.2) is 38.9 Å². The lowest BCUT2D eigenvalue weighted by Crippen LogP contribution is -2.38. The molecule has 3 heterocycles. The van der Waals surface area contributed by atoms with Crippen LogP contribution in [0.4, 0.5) is 4.79 Å². The minimum atomic E-state index is -0.0922. The van der Waals surface area contributed by atoms with E-state index < -0.39 is 0 Å². The van der Waals surface area contributed by atoms with Crippen molar-refractivity contribution in [2.75, 3.05) is 13.6 Å². The fraction of sp³-hybridized carbons (Fsp3) is 0.353. The summed E-state index contributed by atoms with van der Waals surface area (Å²) < 4.78 is 1.96. The van der Waals surface area contributed by atoms with Gasteiger partial charge in [0.1, 0.15) is 5.65 Å². The van der Waals surface area contributed by atoms with Crippen molar-refractivity contribution in [3.63, 3.8) is 0 Å². The third-order valence-electron chi connectivity index (χ3n) is 3.95. The molecule has 3 aromatic rings. The molecule has 1 N–H and O–H groups in total. The van der Waals surface area contributed by atoms with Gasteiger partial charge in [-0.15, -0.1) is 11.3 Å². The molecule has 126 valence electrons. The van der Waals surface area contributed by atoms with E-state index in [1.807, 2.05) is 48.3 Å². The van der Waals surface area contributed by atoms with Gasteiger partial charge in [0.2, 0.25) is 0 Å². The van der Waals surface area contributed by atoms with Gasteiger partial charge in [-0.25, -0.2) is 14.8 Å². The van der Waals surface area contributed by atoms with E-state index in [2.05, 4.69) is 15.3 Å². The molecule has 0 saturated carbocycles. The van der Waals surface area contributed by atoms with Crippen molar-refractivity contribution in [3.8, 4) is 0 Å². The number of nitrogens with one attached hydrogen (secondary N) is 1. The average Bonchev–Trinajstić information content (AvgIpc) is 3.15. The molecule has 0 atom stereocenters. The van der Waals surface area contributed by atoms with Gasteiger partial charge in [0.15, 0.2) is 0 Å². The summed E-state index contributed by atoms with van der Waals surface area (Å²) in [5.41, 5.74) is 5.81. The molecule has 7 heteroatoms. The highest BCUT2D eigenvalue weighted by molar-refractivity contribution is 7.09. The minimum absolute atomic E-state index is 0.0922. The molecular weight excluding hydrogens is 322 g/mol.